The highest BCUT2D eigenvalue weighted by Crippen LogP contribution is 2.53. The molecule has 8 heteroatoms. The summed E-state index contributed by atoms with van der Waals surface area (Å²) >= 11 is 6.17. The number of nitrogens with zero attached hydrogens (tertiary/aromatic N) is 2. The SMILES string of the molecule is CCCN1C(=O)C2(c3ccccc31)c1c(oc3ccc(Cl)cc3c1=O)C(=O)N2Cc1ccco1. The Kier molecular flexibility index (Phi) is 4.47. The van der Waals surface area contributed by atoms with Crippen molar-refractivity contribution in [3.05, 3.63) is 98.8 Å². The molecule has 0 saturated heterocycles. The van der Waals surface area contributed by atoms with Crippen molar-refractivity contribution in [3.8, 4) is 0 Å². The molecular weight excluding hydrogens is 456 g/mol. The summed E-state index contributed by atoms with van der Waals surface area (Å²) in [6, 6.07) is 15.4. The summed E-state index contributed by atoms with van der Waals surface area (Å²) in [4.78, 5) is 45.1. The molecule has 0 saturated carbocycles. The van der Waals surface area contributed by atoms with Crippen LogP contribution in [0.2, 0.25) is 5.02 Å². The minimum absolute atomic E-state index is 0.00733. The number of halogens is 1. The highest BCUT2D eigenvalue weighted by atomic mass is 35.5. The van der Waals surface area contributed by atoms with Gasteiger partial charge in [-0.3, -0.25) is 14.4 Å². The molecule has 170 valence electrons. The van der Waals surface area contributed by atoms with E-state index in [0.29, 0.717) is 35.0 Å². The molecule has 34 heavy (non-hydrogen) atoms. The van der Waals surface area contributed by atoms with Crippen LogP contribution in [0.3, 0.4) is 0 Å². The molecule has 1 spiro atoms. The third-order valence-electron chi connectivity index (χ3n) is 6.54. The van der Waals surface area contributed by atoms with E-state index < -0.39 is 16.9 Å². The zero-order chi connectivity index (χ0) is 23.6. The van der Waals surface area contributed by atoms with Crippen molar-refractivity contribution in [2.45, 2.75) is 25.4 Å². The van der Waals surface area contributed by atoms with Crippen molar-refractivity contribution >= 4 is 40.1 Å². The Labute approximate surface area is 199 Å². The van der Waals surface area contributed by atoms with Crippen LogP contribution >= 0.6 is 11.6 Å². The molecule has 2 amide bonds. The number of furan rings is 1. The number of carbonyl (C=O) groups is 2. The Hall–Kier alpha value is -3.84. The molecular formula is C26H19ClN2O5. The van der Waals surface area contributed by atoms with E-state index in [-0.39, 0.29) is 34.7 Å². The number of hydrogen-bond donors (Lipinski definition) is 0. The molecule has 2 aliphatic rings. The Bertz CT molecular complexity index is 1540. The van der Waals surface area contributed by atoms with Gasteiger partial charge in [0.2, 0.25) is 5.76 Å². The topological polar surface area (TPSA) is 84.0 Å². The van der Waals surface area contributed by atoms with Gasteiger partial charge < -0.3 is 18.6 Å². The molecule has 1 atom stereocenters. The van der Waals surface area contributed by atoms with Crippen molar-refractivity contribution in [1.82, 2.24) is 4.90 Å². The van der Waals surface area contributed by atoms with Gasteiger partial charge in [0, 0.05) is 17.1 Å². The average Bonchev–Trinajstić information content (AvgIpc) is 3.50. The van der Waals surface area contributed by atoms with Gasteiger partial charge in [-0.2, -0.15) is 0 Å². The summed E-state index contributed by atoms with van der Waals surface area (Å²) < 4.78 is 11.5. The van der Waals surface area contributed by atoms with Gasteiger partial charge in [0.25, 0.3) is 11.8 Å². The smallest absolute Gasteiger partial charge is 0.291 e. The number of carbonyl (C=O) groups excluding carboxylic acids is 2. The zero-order valence-electron chi connectivity index (χ0n) is 18.2. The molecule has 6 rings (SSSR count). The maximum absolute atomic E-state index is 14.3. The van der Waals surface area contributed by atoms with E-state index in [4.69, 9.17) is 20.4 Å². The summed E-state index contributed by atoms with van der Waals surface area (Å²) in [5.74, 6) is -0.544. The first-order valence-electron chi connectivity index (χ1n) is 11.0. The van der Waals surface area contributed by atoms with Crippen molar-refractivity contribution in [3.63, 3.8) is 0 Å². The molecule has 0 radical (unpaired) electrons. The minimum Gasteiger partial charge on any atom is -0.467 e. The fourth-order valence-electron chi connectivity index (χ4n) is 5.19. The molecule has 0 aliphatic carbocycles. The Morgan fingerprint density at radius 3 is 2.62 bits per heavy atom. The normalized spacial score (nSPS) is 18.9. The van der Waals surface area contributed by atoms with E-state index in [0.717, 1.165) is 0 Å². The number of para-hydroxylation sites is 1. The molecule has 0 bridgehead atoms. The van der Waals surface area contributed by atoms with Crippen LogP contribution in [-0.4, -0.2) is 23.3 Å². The lowest BCUT2D eigenvalue weighted by atomic mass is 9.84. The van der Waals surface area contributed by atoms with Crippen LogP contribution in [0.5, 0.6) is 0 Å². The maximum atomic E-state index is 14.3. The highest BCUT2D eigenvalue weighted by molar-refractivity contribution is 6.31. The first-order valence-corrected chi connectivity index (χ1v) is 11.4. The number of anilines is 1. The Morgan fingerprint density at radius 1 is 1.03 bits per heavy atom. The van der Waals surface area contributed by atoms with Crippen LogP contribution in [0.4, 0.5) is 5.69 Å². The molecule has 0 fully saturated rings. The molecule has 0 N–H and O–H groups in total. The van der Waals surface area contributed by atoms with Crippen molar-refractivity contribution in [1.29, 1.82) is 0 Å². The molecule has 4 aromatic rings. The molecule has 7 nitrogen and oxygen atoms in total. The van der Waals surface area contributed by atoms with Gasteiger partial charge in [-0.25, -0.2) is 0 Å². The molecule has 2 aromatic carbocycles. The van der Waals surface area contributed by atoms with Crippen LogP contribution in [0.25, 0.3) is 11.0 Å². The molecule has 1 unspecified atom stereocenters. The number of amides is 2. The van der Waals surface area contributed by atoms with E-state index >= 15 is 0 Å². The number of rotatable bonds is 4. The van der Waals surface area contributed by atoms with Gasteiger partial charge in [0.05, 0.1) is 29.4 Å². The van der Waals surface area contributed by atoms with Gasteiger partial charge in [0.1, 0.15) is 11.3 Å². The van der Waals surface area contributed by atoms with E-state index in [1.54, 1.807) is 41.3 Å². The van der Waals surface area contributed by atoms with Crippen LogP contribution in [0.15, 0.2) is 74.5 Å². The molecule has 4 heterocycles. The second-order valence-corrected chi connectivity index (χ2v) is 8.87. The molecule has 2 aliphatic heterocycles. The first kappa shape index (κ1) is 20.7. The van der Waals surface area contributed by atoms with Crippen LogP contribution in [-0.2, 0) is 16.9 Å². The van der Waals surface area contributed by atoms with Crippen LogP contribution in [0, 0.1) is 0 Å². The lowest BCUT2D eigenvalue weighted by Crippen LogP contribution is -2.53. The standard InChI is InChI=1S/C26H19ClN2O5/c1-2-11-28-19-8-4-3-7-18(19)26(25(28)32)21-22(30)17-13-15(27)9-10-20(17)34-23(21)24(31)29(26)14-16-6-5-12-33-16/h3-10,12-13H,2,11,14H2,1H3. The Morgan fingerprint density at radius 2 is 1.85 bits per heavy atom. The largest absolute Gasteiger partial charge is 0.467 e. The predicted octanol–water partition coefficient (Wildman–Crippen LogP) is 4.70. The second kappa shape index (κ2) is 7.33. The summed E-state index contributed by atoms with van der Waals surface area (Å²) in [5, 5.41) is 0.578. The summed E-state index contributed by atoms with van der Waals surface area (Å²) in [5.41, 5.74) is -0.612. The maximum Gasteiger partial charge on any atom is 0.291 e. The fourth-order valence-corrected chi connectivity index (χ4v) is 5.36. The van der Waals surface area contributed by atoms with Gasteiger partial charge in [-0.1, -0.05) is 36.7 Å². The quantitative estimate of drug-likeness (QED) is 0.428. The average molecular weight is 475 g/mol. The third kappa shape index (κ3) is 2.56. The Balaban J connectivity index is 1.72. The summed E-state index contributed by atoms with van der Waals surface area (Å²) in [6.45, 7) is 2.41. The van der Waals surface area contributed by atoms with Gasteiger partial charge in [0.15, 0.2) is 11.0 Å². The first-order chi connectivity index (χ1) is 16.5. The van der Waals surface area contributed by atoms with Crippen molar-refractivity contribution < 1.29 is 18.4 Å². The predicted molar refractivity (Wildman–Crippen MR) is 126 cm³/mol. The van der Waals surface area contributed by atoms with Crippen molar-refractivity contribution in [2.75, 3.05) is 11.4 Å². The third-order valence-corrected chi connectivity index (χ3v) is 6.77. The second-order valence-electron chi connectivity index (χ2n) is 8.43. The zero-order valence-corrected chi connectivity index (χ0v) is 19.0. The van der Waals surface area contributed by atoms with E-state index in [2.05, 4.69) is 0 Å². The van der Waals surface area contributed by atoms with Gasteiger partial charge in [-0.05, 0) is 42.8 Å². The van der Waals surface area contributed by atoms with E-state index in [9.17, 15) is 14.4 Å². The minimum atomic E-state index is -1.66. The van der Waals surface area contributed by atoms with Crippen LogP contribution < -0.4 is 10.3 Å². The van der Waals surface area contributed by atoms with E-state index in [1.807, 2.05) is 19.1 Å². The fraction of sp³-hybridized carbons (Fsp3) is 0.192. The summed E-state index contributed by atoms with van der Waals surface area (Å²) in [6.07, 6.45) is 2.21. The lowest BCUT2D eigenvalue weighted by Gasteiger charge is -2.33. The number of benzene rings is 2. The highest BCUT2D eigenvalue weighted by Gasteiger charge is 2.65. The lowest BCUT2D eigenvalue weighted by molar-refractivity contribution is -0.126. The number of fused-ring (bicyclic) bond motifs is 5. The number of hydrogen-bond acceptors (Lipinski definition) is 5. The van der Waals surface area contributed by atoms with Gasteiger partial charge in [-0.15, -0.1) is 0 Å². The van der Waals surface area contributed by atoms with Gasteiger partial charge >= 0.3 is 0 Å². The molecule has 2 aromatic heterocycles. The van der Waals surface area contributed by atoms with Crippen LogP contribution in [0.1, 0.15) is 40.8 Å². The monoisotopic (exact) mass is 474 g/mol. The van der Waals surface area contributed by atoms with E-state index in [1.165, 1.54) is 17.2 Å². The summed E-state index contributed by atoms with van der Waals surface area (Å²) in [7, 11) is 0. The van der Waals surface area contributed by atoms with Crippen molar-refractivity contribution in [2.24, 2.45) is 0 Å².